The fraction of sp³-hybridized carbons (Fsp3) is 0.500. The molecule has 2 rings (SSSR count). The highest BCUT2D eigenvalue weighted by Gasteiger charge is 2.30. The minimum Gasteiger partial charge on any atom is -0.385 e. The maximum absolute atomic E-state index is 11.9. The molecule has 1 aromatic carbocycles. The Morgan fingerprint density at radius 3 is 2.70 bits per heavy atom. The summed E-state index contributed by atoms with van der Waals surface area (Å²) in [4.78, 5) is 4.76. The van der Waals surface area contributed by atoms with Crippen LogP contribution in [0.25, 0.3) is 0 Å². The Labute approximate surface area is 120 Å². The maximum atomic E-state index is 11.9. The number of fused-ring (bicyclic) bond motifs is 1. The number of sulfonamides is 1. The molecule has 0 unspecified atom stereocenters. The van der Waals surface area contributed by atoms with Crippen molar-refractivity contribution in [3.63, 3.8) is 0 Å². The van der Waals surface area contributed by atoms with Crippen LogP contribution in [0, 0.1) is 5.41 Å². The lowest BCUT2D eigenvalue weighted by atomic mass is 9.90. The molecule has 20 heavy (non-hydrogen) atoms. The summed E-state index contributed by atoms with van der Waals surface area (Å²) in [5.41, 5.74) is 0.612. The molecule has 0 saturated heterocycles. The van der Waals surface area contributed by atoms with Gasteiger partial charge in [-0.2, -0.15) is 0 Å². The number of methoxy groups -OCH3 is 1. The fourth-order valence-electron chi connectivity index (χ4n) is 2.00. The Bertz CT molecular complexity index is 621. The molecule has 0 fully saturated rings. The van der Waals surface area contributed by atoms with E-state index in [2.05, 4.69) is 23.6 Å². The summed E-state index contributed by atoms with van der Waals surface area (Å²) in [6, 6.07) is 6.89. The number of nitrogens with one attached hydrogen (secondary N) is 1. The zero-order chi connectivity index (χ0) is 14.8. The van der Waals surface area contributed by atoms with Crippen LogP contribution in [0.5, 0.6) is 0 Å². The van der Waals surface area contributed by atoms with Gasteiger partial charge in [0.25, 0.3) is 10.0 Å². The van der Waals surface area contributed by atoms with Gasteiger partial charge in [0.1, 0.15) is 5.84 Å². The SMILES string of the molecule is COCCC(C)(C)CN=C1NS(=O)(=O)c2ccccc21. The van der Waals surface area contributed by atoms with E-state index in [1.165, 1.54) is 0 Å². The molecule has 0 saturated carbocycles. The number of hydrogen-bond donors (Lipinski definition) is 1. The third-order valence-electron chi connectivity index (χ3n) is 3.31. The summed E-state index contributed by atoms with van der Waals surface area (Å²) in [6.45, 7) is 5.39. The van der Waals surface area contributed by atoms with Crippen molar-refractivity contribution in [2.24, 2.45) is 10.4 Å². The van der Waals surface area contributed by atoms with Crippen LogP contribution in [0.2, 0.25) is 0 Å². The zero-order valence-electron chi connectivity index (χ0n) is 12.0. The molecule has 1 aliphatic heterocycles. The summed E-state index contributed by atoms with van der Waals surface area (Å²) in [6.07, 6.45) is 0.870. The quantitative estimate of drug-likeness (QED) is 0.900. The van der Waals surface area contributed by atoms with Crippen LogP contribution in [0.1, 0.15) is 25.8 Å². The van der Waals surface area contributed by atoms with Gasteiger partial charge in [0.2, 0.25) is 0 Å². The predicted octanol–water partition coefficient (Wildman–Crippen LogP) is 1.79. The molecule has 5 nitrogen and oxygen atoms in total. The van der Waals surface area contributed by atoms with E-state index in [9.17, 15) is 8.42 Å². The van der Waals surface area contributed by atoms with Gasteiger partial charge in [-0.3, -0.25) is 9.71 Å². The largest absolute Gasteiger partial charge is 0.385 e. The second kappa shape index (κ2) is 5.54. The second-order valence-corrected chi connectivity index (χ2v) is 7.32. The van der Waals surface area contributed by atoms with E-state index < -0.39 is 10.0 Å². The van der Waals surface area contributed by atoms with Crippen LogP contribution in [-0.2, 0) is 14.8 Å². The van der Waals surface area contributed by atoms with Crippen molar-refractivity contribution < 1.29 is 13.2 Å². The molecule has 1 heterocycles. The van der Waals surface area contributed by atoms with Crippen molar-refractivity contribution in [3.05, 3.63) is 29.8 Å². The molecule has 0 amide bonds. The average Bonchev–Trinajstić information content (AvgIpc) is 2.67. The van der Waals surface area contributed by atoms with Gasteiger partial charge in [-0.25, -0.2) is 8.42 Å². The topological polar surface area (TPSA) is 67.8 Å². The maximum Gasteiger partial charge on any atom is 0.263 e. The monoisotopic (exact) mass is 296 g/mol. The number of nitrogens with zero attached hydrogens (tertiary/aromatic N) is 1. The Morgan fingerprint density at radius 2 is 2.00 bits per heavy atom. The molecule has 0 bridgehead atoms. The van der Waals surface area contributed by atoms with Gasteiger partial charge in [-0.15, -0.1) is 0 Å². The lowest BCUT2D eigenvalue weighted by molar-refractivity contribution is 0.155. The summed E-state index contributed by atoms with van der Waals surface area (Å²) < 4.78 is 31.5. The molecule has 1 aliphatic rings. The first kappa shape index (κ1) is 15.0. The highest BCUT2D eigenvalue weighted by molar-refractivity contribution is 7.90. The molecule has 0 aliphatic carbocycles. The highest BCUT2D eigenvalue weighted by atomic mass is 32.2. The molecule has 0 aromatic heterocycles. The van der Waals surface area contributed by atoms with Gasteiger partial charge >= 0.3 is 0 Å². The van der Waals surface area contributed by atoms with Crippen LogP contribution in [0.4, 0.5) is 0 Å². The van der Waals surface area contributed by atoms with Crippen molar-refractivity contribution in [2.75, 3.05) is 20.3 Å². The fourth-order valence-corrected chi connectivity index (χ4v) is 3.25. The predicted molar refractivity (Wildman–Crippen MR) is 78.4 cm³/mol. The molecular weight excluding hydrogens is 276 g/mol. The van der Waals surface area contributed by atoms with E-state index in [4.69, 9.17) is 4.74 Å². The molecule has 0 spiro atoms. The first-order valence-corrected chi connectivity index (χ1v) is 8.00. The van der Waals surface area contributed by atoms with Crippen LogP contribution in [0.3, 0.4) is 0 Å². The van der Waals surface area contributed by atoms with Crippen molar-refractivity contribution >= 4 is 15.9 Å². The van der Waals surface area contributed by atoms with Crippen LogP contribution in [-0.4, -0.2) is 34.5 Å². The summed E-state index contributed by atoms with van der Waals surface area (Å²) in [5.74, 6) is 0.436. The smallest absolute Gasteiger partial charge is 0.263 e. The van der Waals surface area contributed by atoms with Gasteiger partial charge < -0.3 is 4.74 Å². The lowest BCUT2D eigenvalue weighted by Gasteiger charge is -2.21. The van der Waals surface area contributed by atoms with Crippen molar-refractivity contribution in [3.8, 4) is 0 Å². The summed E-state index contributed by atoms with van der Waals surface area (Å²) in [5, 5.41) is 0. The molecule has 0 atom stereocenters. The minimum absolute atomic E-state index is 0.0357. The Kier molecular flexibility index (Phi) is 4.15. The summed E-state index contributed by atoms with van der Waals surface area (Å²) in [7, 11) is -1.77. The molecule has 6 heteroatoms. The van der Waals surface area contributed by atoms with E-state index in [1.807, 2.05) is 6.07 Å². The number of rotatable bonds is 5. The van der Waals surface area contributed by atoms with E-state index >= 15 is 0 Å². The minimum atomic E-state index is -3.44. The normalized spacial score (nSPS) is 18.9. The average molecular weight is 296 g/mol. The Morgan fingerprint density at radius 1 is 1.30 bits per heavy atom. The van der Waals surface area contributed by atoms with Gasteiger partial charge in [0.15, 0.2) is 0 Å². The molecule has 1 aromatic rings. The molecule has 110 valence electrons. The van der Waals surface area contributed by atoms with Crippen molar-refractivity contribution in [1.29, 1.82) is 0 Å². The molecule has 0 radical (unpaired) electrons. The van der Waals surface area contributed by atoms with Gasteiger partial charge in [0, 0.05) is 25.8 Å². The van der Waals surface area contributed by atoms with E-state index in [0.29, 0.717) is 29.4 Å². The van der Waals surface area contributed by atoms with Gasteiger partial charge in [0.05, 0.1) is 4.90 Å². The van der Waals surface area contributed by atoms with E-state index in [0.717, 1.165) is 6.42 Å². The zero-order valence-corrected chi connectivity index (χ0v) is 12.8. The number of aliphatic imine (C=N–C) groups is 1. The number of amidine groups is 1. The number of benzene rings is 1. The van der Waals surface area contributed by atoms with Gasteiger partial charge in [-0.1, -0.05) is 26.0 Å². The second-order valence-electron chi connectivity index (χ2n) is 5.67. The number of ether oxygens (including phenoxy) is 1. The number of hydrogen-bond acceptors (Lipinski definition) is 4. The lowest BCUT2D eigenvalue weighted by Crippen LogP contribution is -2.25. The summed E-state index contributed by atoms with van der Waals surface area (Å²) >= 11 is 0. The highest BCUT2D eigenvalue weighted by Crippen LogP contribution is 2.25. The van der Waals surface area contributed by atoms with Crippen LogP contribution >= 0.6 is 0 Å². The van der Waals surface area contributed by atoms with E-state index in [1.54, 1.807) is 25.3 Å². The van der Waals surface area contributed by atoms with Crippen molar-refractivity contribution in [1.82, 2.24) is 4.72 Å². The Hall–Kier alpha value is -1.40. The first-order valence-electron chi connectivity index (χ1n) is 6.51. The third-order valence-corrected chi connectivity index (χ3v) is 4.71. The van der Waals surface area contributed by atoms with E-state index in [-0.39, 0.29) is 5.41 Å². The molecule has 1 N–H and O–H groups in total. The first-order chi connectivity index (χ1) is 9.36. The van der Waals surface area contributed by atoms with Crippen LogP contribution in [0.15, 0.2) is 34.2 Å². The van der Waals surface area contributed by atoms with Crippen LogP contribution < -0.4 is 4.72 Å². The molecular formula is C14H20N2O3S. The Balaban J connectivity index is 2.21. The standard InChI is InChI=1S/C14H20N2O3S/c1-14(2,8-9-19-3)10-15-13-11-6-4-5-7-12(11)20(17,18)16-13/h4-7H,8-10H2,1-3H3,(H,15,16). The van der Waals surface area contributed by atoms with Gasteiger partial charge in [-0.05, 0) is 24.0 Å². The third kappa shape index (κ3) is 3.19. The van der Waals surface area contributed by atoms with Crippen molar-refractivity contribution in [2.45, 2.75) is 25.2 Å².